The number of anilines is 1. The molecule has 0 aliphatic carbocycles. The van der Waals surface area contributed by atoms with Crippen LogP contribution in [0.2, 0.25) is 0 Å². The number of hydrogen-bond acceptors (Lipinski definition) is 4. The van der Waals surface area contributed by atoms with Crippen LogP contribution in [0.15, 0.2) is 36.7 Å². The van der Waals surface area contributed by atoms with Crippen LogP contribution in [0.3, 0.4) is 0 Å². The zero-order valence-corrected chi connectivity index (χ0v) is 16.8. The highest BCUT2D eigenvalue weighted by Crippen LogP contribution is 2.26. The van der Waals surface area contributed by atoms with Gasteiger partial charge in [0.15, 0.2) is 0 Å². The zero-order valence-electron chi connectivity index (χ0n) is 16.8. The van der Waals surface area contributed by atoms with Crippen molar-refractivity contribution in [3.05, 3.63) is 53.7 Å². The fourth-order valence-corrected chi connectivity index (χ4v) is 3.89. The number of benzene rings is 1. The number of halogens is 1. The Bertz CT molecular complexity index is 1030. The molecule has 2 aromatic heterocycles. The molecule has 4 rings (SSSR count). The first-order valence-electron chi connectivity index (χ1n) is 9.80. The Labute approximate surface area is 168 Å². The topological polar surface area (TPSA) is 77.2 Å². The van der Waals surface area contributed by atoms with E-state index < -0.39 is 0 Å². The highest BCUT2D eigenvalue weighted by atomic mass is 19.1. The molecule has 1 aromatic carbocycles. The van der Waals surface area contributed by atoms with Crippen LogP contribution in [-0.2, 0) is 0 Å². The molecule has 0 saturated carbocycles. The summed E-state index contributed by atoms with van der Waals surface area (Å²) in [6, 6.07) is 7.96. The number of carbonyl (C=O) groups excluding carboxylic acids is 1. The van der Waals surface area contributed by atoms with E-state index in [-0.39, 0.29) is 23.9 Å². The maximum absolute atomic E-state index is 13.5. The molecule has 3 aromatic rings. The molecule has 2 atom stereocenters. The number of aromatic nitrogens is 3. The first-order chi connectivity index (χ1) is 13.9. The second-order valence-electron chi connectivity index (χ2n) is 7.63. The van der Waals surface area contributed by atoms with Crippen LogP contribution in [-0.4, -0.2) is 51.6 Å². The summed E-state index contributed by atoms with van der Waals surface area (Å²) in [6.07, 6.45) is 1.57. The Hall–Kier alpha value is -3.16. The smallest absolute Gasteiger partial charge is 0.318 e. The van der Waals surface area contributed by atoms with E-state index in [1.54, 1.807) is 12.4 Å². The van der Waals surface area contributed by atoms with E-state index in [2.05, 4.69) is 31.2 Å². The maximum atomic E-state index is 13.5. The molecule has 1 saturated heterocycles. The number of hydrogen-bond donors (Lipinski definition) is 2. The molecule has 0 spiro atoms. The minimum absolute atomic E-state index is 0.00788. The largest absolute Gasteiger partial charge is 0.352 e. The Morgan fingerprint density at radius 3 is 2.90 bits per heavy atom. The molecular formula is C21H25FN6O. The third-order valence-corrected chi connectivity index (χ3v) is 5.42. The molecule has 2 amide bonds. The van der Waals surface area contributed by atoms with Gasteiger partial charge >= 0.3 is 6.03 Å². The van der Waals surface area contributed by atoms with E-state index in [4.69, 9.17) is 0 Å². The highest BCUT2D eigenvalue weighted by molar-refractivity contribution is 5.88. The van der Waals surface area contributed by atoms with E-state index in [1.807, 2.05) is 31.7 Å². The third-order valence-electron chi connectivity index (χ3n) is 5.42. The van der Waals surface area contributed by atoms with Crippen LogP contribution in [0.5, 0.6) is 0 Å². The van der Waals surface area contributed by atoms with Crippen molar-refractivity contribution in [1.82, 2.24) is 25.2 Å². The van der Waals surface area contributed by atoms with Gasteiger partial charge in [-0.1, -0.05) is 12.1 Å². The number of carbonyl (C=O) groups is 1. The Morgan fingerprint density at radius 1 is 1.31 bits per heavy atom. The van der Waals surface area contributed by atoms with Gasteiger partial charge in [-0.05, 0) is 44.5 Å². The van der Waals surface area contributed by atoms with Crippen molar-refractivity contribution >= 4 is 22.9 Å². The van der Waals surface area contributed by atoms with Crippen LogP contribution >= 0.6 is 0 Å². The second-order valence-corrected chi connectivity index (χ2v) is 7.63. The number of piperazine rings is 1. The average Bonchev–Trinajstić information content (AvgIpc) is 3.07. The lowest BCUT2D eigenvalue weighted by atomic mass is 10.1. The maximum Gasteiger partial charge on any atom is 0.318 e. The van der Waals surface area contributed by atoms with Gasteiger partial charge in [0, 0.05) is 31.4 Å². The normalized spacial score (nSPS) is 18.1. The highest BCUT2D eigenvalue weighted by Gasteiger charge is 2.29. The summed E-state index contributed by atoms with van der Waals surface area (Å²) in [5, 5.41) is 3.98. The van der Waals surface area contributed by atoms with E-state index in [9.17, 15) is 9.18 Å². The van der Waals surface area contributed by atoms with E-state index in [1.165, 1.54) is 12.1 Å². The molecule has 3 heterocycles. The molecule has 29 heavy (non-hydrogen) atoms. The third kappa shape index (κ3) is 3.87. The minimum Gasteiger partial charge on any atom is -0.352 e. The van der Waals surface area contributed by atoms with Crippen LogP contribution in [0.1, 0.15) is 31.1 Å². The summed E-state index contributed by atoms with van der Waals surface area (Å²) < 4.78 is 13.5. The van der Waals surface area contributed by atoms with Gasteiger partial charge in [-0.25, -0.2) is 19.2 Å². The van der Waals surface area contributed by atoms with Gasteiger partial charge in [0.25, 0.3) is 0 Å². The number of nitrogens with zero attached hydrogens (tertiary/aromatic N) is 4. The van der Waals surface area contributed by atoms with Crippen molar-refractivity contribution in [3.63, 3.8) is 0 Å². The van der Waals surface area contributed by atoms with E-state index >= 15 is 0 Å². The van der Waals surface area contributed by atoms with Gasteiger partial charge in [-0.3, -0.25) is 0 Å². The van der Waals surface area contributed by atoms with Crippen LogP contribution < -0.4 is 10.2 Å². The average molecular weight is 396 g/mol. The summed E-state index contributed by atoms with van der Waals surface area (Å²) >= 11 is 0. The lowest BCUT2D eigenvalue weighted by Crippen LogP contribution is -2.57. The molecule has 1 aliphatic heterocycles. The van der Waals surface area contributed by atoms with Gasteiger partial charge in [0.2, 0.25) is 0 Å². The molecule has 7 nitrogen and oxygen atoms in total. The van der Waals surface area contributed by atoms with Crippen molar-refractivity contribution in [3.8, 4) is 0 Å². The van der Waals surface area contributed by atoms with Crippen molar-refractivity contribution in [2.45, 2.75) is 32.9 Å². The number of amides is 2. The number of rotatable bonds is 3. The lowest BCUT2D eigenvalue weighted by molar-refractivity contribution is 0.168. The SMILES string of the molecule is Cc1cc2c(N3CCN(C(=O)N[C@@H](C)c4cccc(F)c4)[C@H](C)C3)ncnc2[nH]1. The van der Waals surface area contributed by atoms with Crippen LogP contribution in [0, 0.1) is 12.7 Å². The monoisotopic (exact) mass is 396 g/mol. The number of aryl methyl sites for hydroxylation is 1. The first-order valence-corrected chi connectivity index (χ1v) is 9.80. The molecule has 152 valence electrons. The predicted octanol–water partition coefficient (Wildman–Crippen LogP) is 3.39. The summed E-state index contributed by atoms with van der Waals surface area (Å²) in [5.74, 6) is 0.584. The van der Waals surface area contributed by atoms with Crippen LogP contribution in [0.25, 0.3) is 11.0 Å². The lowest BCUT2D eigenvalue weighted by Gasteiger charge is -2.40. The van der Waals surface area contributed by atoms with Crippen molar-refractivity contribution in [2.75, 3.05) is 24.5 Å². The molecule has 0 unspecified atom stereocenters. The second kappa shape index (κ2) is 7.69. The van der Waals surface area contributed by atoms with Crippen molar-refractivity contribution in [1.29, 1.82) is 0 Å². The molecule has 8 heteroatoms. The van der Waals surface area contributed by atoms with Gasteiger partial charge in [0.1, 0.15) is 23.6 Å². The molecule has 0 bridgehead atoms. The molecule has 1 aliphatic rings. The molecule has 1 fully saturated rings. The quantitative estimate of drug-likeness (QED) is 0.712. The molecule has 0 radical (unpaired) electrons. The number of urea groups is 1. The fraction of sp³-hybridized carbons (Fsp3) is 0.381. The van der Waals surface area contributed by atoms with Gasteiger partial charge < -0.3 is 20.1 Å². The number of aromatic amines is 1. The summed E-state index contributed by atoms with van der Waals surface area (Å²) in [5.41, 5.74) is 2.61. The number of nitrogens with one attached hydrogen (secondary N) is 2. The number of fused-ring (bicyclic) bond motifs is 1. The number of H-pyrrole nitrogens is 1. The van der Waals surface area contributed by atoms with Crippen LogP contribution in [0.4, 0.5) is 15.0 Å². The summed E-state index contributed by atoms with van der Waals surface area (Å²) in [7, 11) is 0. The Balaban J connectivity index is 1.44. The zero-order chi connectivity index (χ0) is 20.5. The standard InChI is InChI=1S/C21H25FN6O/c1-13-9-18-19(25-13)23-12-24-20(18)27-7-8-28(14(2)11-27)21(29)26-15(3)16-5-4-6-17(22)10-16/h4-6,9-10,12,14-15H,7-8,11H2,1-3H3,(H,26,29)(H,23,24,25)/t14-,15+/m1/s1. The predicted molar refractivity (Wildman–Crippen MR) is 110 cm³/mol. The summed E-state index contributed by atoms with van der Waals surface area (Å²) in [4.78, 5) is 28.8. The van der Waals surface area contributed by atoms with Crippen molar-refractivity contribution < 1.29 is 9.18 Å². The first kappa shape index (κ1) is 19.2. The molecule has 2 N–H and O–H groups in total. The Morgan fingerprint density at radius 2 is 2.14 bits per heavy atom. The van der Waals surface area contributed by atoms with Gasteiger partial charge in [-0.15, -0.1) is 0 Å². The Kier molecular flexibility index (Phi) is 5.08. The fourth-order valence-electron chi connectivity index (χ4n) is 3.89. The minimum atomic E-state index is -0.304. The van der Waals surface area contributed by atoms with Crippen molar-refractivity contribution in [2.24, 2.45) is 0 Å². The van der Waals surface area contributed by atoms with Gasteiger partial charge in [0.05, 0.1) is 11.4 Å². The summed E-state index contributed by atoms with van der Waals surface area (Å²) in [6.45, 7) is 7.83. The molecular weight excluding hydrogens is 371 g/mol. The van der Waals surface area contributed by atoms with Gasteiger partial charge in [-0.2, -0.15) is 0 Å². The van der Waals surface area contributed by atoms with E-state index in [0.29, 0.717) is 19.6 Å². The van der Waals surface area contributed by atoms with E-state index in [0.717, 1.165) is 28.1 Å².